The normalized spacial score (nSPS) is 17.3. The number of anilines is 2. The van der Waals surface area contributed by atoms with Crippen molar-refractivity contribution in [3.8, 4) is 0 Å². The van der Waals surface area contributed by atoms with Crippen LogP contribution >= 0.6 is 0 Å². The van der Waals surface area contributed by atoms with Crippen LogP contribution in [0.15, 0.2) is 12.3 Å². The molecule has 5 N–H and O–H groups in total. The number of nitrogens with two attached hydrogens (primary N) is 2. The van der Waals surface area contributed by atoms with Crippen molar-refractivity contribution in [2.24, 2.45) is 5.73 Å². The van der Waals surface area contributed by atoms with Crippen molar-refractivity contribution in [1.29, 1.82) is 0 Å². The number of pyridine rings is 1. The number of aryl methyl sites for hydroxylation is 1. The van der Waals surface area contributed by atoms with Crippen molar-refractivity contribution >= 4 is 17.4 Å². The molecule has 19 heavy (non-hydrogen) atoms. The third kappa shape index (κ3) is 3.82. The van der Waals surface area contributed by atoms with E-state index in [4.69, 9.17) is 11.5 Å². The second-order valence-corrected chi connectivity index (χ2v) is 5.11. The van der Waals surface area contributed by atoms with E-state index in [9.17, 15) is 4.79 Å². The summed E-state index contributed by atoms with van der Waals surface area (Å²) in [6.45, 7) is 4.05. The van der Waals surface area contributed by atoms with Gasteiger partial charge < -0.3 is 16.8 Å². The van der Waals surface area contributed by atoms with Gasteiger partial charge in [0.15, 0.2) is 0 Å². The molecule has 104 valence electrons. The van der Waals surface area contributed by atoms with E-state index in [0.717, 1.165) is 37.3 Å². The minimum atomic E-state index is -0.268. The number of primary amides is 1. The Morgan fingerprint density at radius 3 is 2.79 bits per heavy atom. The second kappa shape index (κ2) is 5.88. The SMILES string of the molecule is Cc1cnc(NC2CCN(CC(N)=O)CC2)c(N)c1. The number of likely N-dealkylation sites (tertiary alicyclic amines) is 1. The summed E-state index contributed by atoms with van der Waals surface area (Å²) < 4.78 is 0. The van der Waals surface area contributed by atoms with Crippen molar-refractivity contribution in [1.82, 2.24) is 9.88 Å². The number of nitrogens with zero attached hydrogens (tertiary/aromatic N) is 2. The van der Waals surface area contributed by atoms with E-state index in [0.29, 0.717) is 18.3 Å². The van der Waals surface area contributed by atoms with Gasteiger partial charge in [-0.3, -0.25) is 9.69 Å². The number of nitrogen functional groups attached to an aromatic ring is 1. The van der Waals surface area contributed by atoms with E-state index >= 15 is 0 Å². The molecule has 6 heteroatoms. The molecular formula is C13H21N5O. The summed E-state index contributed by atoms with van der Waals surface area (Å²) in [6, 6.07) is 2.26. The van der Waals surface area contributed by atoms with Crippen LogP contribution < -0.4 is 16.8 Å². The summed E-state index contributed by atoms with van der Waals surface area (Å²) >= 11 is 0. The first-order valence-corrected chi connectivity index (χ1v) is 6.54. The fourth-order valence-corrected chi connectivity index (χ4v) is 2.36. The zero-order valence-electron chi connectivity index (χ0n) is 11.2. The molecule has 0 aromatic carbocycles. The maximum Gasteiger partial charge on any atom is 0.231 e. The number of carbonyl (C=O) groups excluding carboxylic acids is 1. The third-order valence-electron chi connectivity index (χ3n) is 3.36. The molecule has 2 heterocycles. The van der Waals surface area contributed by atoms with Crippen LogP contribution in [0.3, 0.4) is 0 Å². The van der Waals surface area contributed by atoms with Crippen LogP contribution in [0.1, 0.15) is 18.4 Å². The van der Waals surface area contributed by atoms with Crippen LogP contribution in [-0.4, -0.2) is 41.5 Å². The lowest BCUT2D eigenvalue weighted by molar-refractivity contribution is -0.119. The van der Waals surface area contributed by atoms with Crippen LogP contribution in [0.2, 0.25) is 0 Å². The first-order valence-electron chi connectivity index (χ1n) is 6.54. The lowest BCUT2D eigenvalue weighted by atomic mass is 10.0. The van der Waals surface area contributed by atoms with E-state index in [1.165, 1.54) is 0 Å². The highest BCUT2D eigenvalue weighted by atomic mass is 16.1. The summed E-state index contributed by atoms with van der Waals surface area (Å²) in [4.78, 5) is 17.2. The van der Waals surface area contributed by atoms with Gasteiger partial charge in [-0.05, 0) is 31.4 Å². The highest BCUT2D eigenvalue weighted by Gasteiger charge is 2.20. The summed E-state index contributed by atoms with van der Waals surface area (Å²) in [7, 11) is 0. The van der Waals surface area contributed by atoms with Gasteiger partial charge in [-0.15, -0.1) is 0 Å². The van der Waals surface area contributed by atoms with Gasteiger partial charge in [0.25, 0.3) is 0 Å². The number of rotatable bonds is 4. The van der Waals surface area contributed by atoms with Crippen LogP contribution in [0.4, 0.5) is 11.5 Å². The lowest BCUT2D eigenvalue weighted by Gasteiger charge is -2.31. The predicted molar refractivity (Wildman–Crippen MR) is 75.7 cm³/mol. The monoisotopic (exact) mass is 263 g/mol. The van der Waals surface area contributed by atoms with Crippen LogP contribution in [-0.2, 0) is 4.79 Å². The van der Waals surface area contributed by atoms with Gasteiger partial charge >= 0.3 is 0 Å². The molecule has 0 atom stereocenters. The molecule has 0 spiro atoms. The number of carbonyl (C=O) groups is 1. The van der Waals surface area contributed by atoms with Crippen LogP contribution in [0, 0.1) is 6.92 Å². The zero-order chi connectivity index (χ0) is 13.8. The van der Waals surface area contributed by atoms with E-state index in [2.05, 4.69) is 15.2 Å². The average Bonchev–Trinajstić information content (AvgIpc) is 2.34. The van der Waals surface area contributed by atoms with Crippen molar-refractivity contribution in [3.63, 3.8) is 0 Å². The smallest absolute Gasteiger partial charge is 0.231 e. The molecule has 1 aromatic heterocycles. The standard InChI is InChI=1S/C13H21N5O/c1-9-6-11(14)13(16-7-9)17-10-2-4-18(5-3-10)8-12(15)19/h6-7,10H,2-5,8,14H2,1H3,(H2,15,19)(H,16,17). The average molecular weight is 263 g/mol. The molecule has 1 aromatic rings. The van der Waals surface area contributed by atoms with Crippen molar-refractivity contribution in [2.75, 3.05) is 30.7 Å². The molecule has 6 nitrogen and oxygen atoms in total. The van der Waals surface area contributed by atoms with Gasteiger partial charge in [0.1, 0.15) is 5.82 Å². The first kappa shape index (κ1) is 13.6. The summed E-state index contributed by atoms with van der Waals surface area (Å²) in [5.41, 5.74) is 12.9. The Labute approximate surface area is 113 Å². The highest BCUT2D eigenvalue weighted by Crippen LogP contribution is 2.20. The number of hydrogen-bond donors (Lipinski definition) is 3. The maximum atomic E-state index is 10.9. The van der Waals surface area contributed by atoms with Gasteiger partial charge in [-0.1, -0.05) is 0 Å². The Morgan fingerprint density at radius 2 is 2.21 bits per heavy atom. The molecule has 0 bridgehead atoms. The number of amides is 1. The topological polar surface area (TPSA) is 97.3 Å². The molecule has 0 unspecified atom stereocenters. The summed E-state index contributed by atoms with van der Waals surface area (Å²) in [6.07, 6.45) is 3.73. The zero-order valence-corrected chi connectivity index (χ0v) is 11.2. The molecule has 0 radical (unpaired) electrons. The van der Waals surface area contributed by atoms with Gasteiger partial charge in [0, 0.05) is 25.3 Å². The first-order chi connectivity index (χ1) is 9.04. The molecule has 1 fully saturated rings. The van der Waals surface area contributed by atoms with Crippen molar-refractivity contribution in [3.05, 3.63) is 17.8 Å². The largest absolute Gasteiger partial charge is 0.396 e. The van der Waals surface area contributed by atoms with E-state index in [1.54, 1.807) is 6.20 Å². The Hall–Kier alpha value is -1.82. The molecule has 1 aliphatic rings. The van der Waals surface area contributed by atoms with Gasteiger partial charge in [0.2, 0.25) is 5.91 Å². The number of nitrogens with one attached hydrogen (secondary N) is 1. The minimum Gasteiger partial charge on any atom is -0.396 e. The third-order valence-corrected chi connectivity index (χ3v) is 3.36. The van der Waals surface area contributed by atoms with E-state index in [1.807, 2.05) is 13.0 Å². The van der Waals surface area contributed by atoms with Gasteiger partial charge in [-0.2, -0.15) is 0 Å². The number of piperidine rings is 1. The highest BCUT2D eigenvalue weighted by molar-refractivity contribution is 5.75. The van der Waals surface area contributed by atoms with E-state index < -0.39 is 0 Å². The van der Waals surface area contributed by atoms with Crippen LogP contribution in [0.5, 0.6) is 0 Å². The molecular weight excluding hydrogens is 242 g/mol. The van der Waals surface area contributed by atoms with Gasteiger partial charge in [0.05, 0.1) is 12.2 Å². The molecule has 0 aliphatic carbocycles. The fraction of sp³-hybridized carbons (Fsp3) is 0.538. The van der Waals surface area contributed by atoms with Crippen molar-refractivity contribution in [2.45, 2.75) is 25.8 Å². The minimum absolute atomic E-state index is 0.268. The Kier molecular flexibility index (Phi) is 4.21. The predicted octanol–water partition coefficient (Wildman–Crippen LogP) is 0.334. The summed E-state index contributed by atoms with van der Waals surface area (Å²) in [5, 5.41) is 3.37. The Morgan fingerprint density at radius 1 is 1.53 bits per heavy atom. The second-order valence-electron chi connectivity index (χ2n) is 5.11. The summed E-state index contributed by atoms with van der Waals surface area (Å²) in [5.74, 6) is 0.481. The molecule has 1 saturated heterocycles. The van der Waals surface area contributed by atoms with Crippen molar-refractivity contribution < 1.29 is 4.79 Å². The Bertz CT molecular complexity index is 454. The quantitative estimate of drug-likeness (QED) is 0.727. The van der Waals surface area contributed by atoms with Crippen LogP contribution in [0.25, 0.3) is 0 Å². The van der Waals surface area contributed by atoms with Gasteiger partial charge in [-0.25, -0.2) is 4.98 Å². The number of aromatic nitrogens is 1. The van der Waals surface area contributed by atoms with E-state index in [-0.39, 0.29) is 5.91 Å². The molecule has 1 aliphatic heterocycles. The molecule has 0 saturated carbocycles. The maximum absolute atomic E-state index is 10.9. The lowest BCUT2D eigenvalue weighted by Crippen LogP contribution is -2.43. The number of hydrogen-bond acceptors (Lipinski definition) is 5. The Balaban J connectivity index is 1.87. The molecule has 2 rings (SSSR count). The fourth-order valence-electron chi connectivity index (χ4n) is 2.36. The molecule has 1 amide bonds.